The molecular formula is C17H26N2O2. The fraction of sp³-hybridized carbons (Fsp3) is 0.647. The second-order valence-electron chi connectivity index (χ2n) is 6.24. The first kappa shape index (κ1) is 14.8. The molecule has 4 heteroatoms. The van der Waals surface area contributed by atoms with E-state index in [2.05, 4.69) is 17.0 Å². The van der Waals surface area contributed by atoms with Crippen molar-refractivity contribution in [2.24, 2.45) is 5.73 Å². The van der Waals surface area contributed by atoms with E-state index in [4.69, 9.17) is 15.2 Å². The van der Waals surface area contributed by atoms with Crippen LogP contribution in [0.1, 0.15) is 43.4 Å². The number of hydrogen-bond donors (Lipinski definition) is 1. The third kappa shape index (κ3) is 3.07. The van der Waals surface area contributed by atoms with E-state index in [0.717, 1.165) is 25.4 Å². The predicted octanol–water partition coefficient (Wildman–Crippen LogP) is 2.47. The fourth-order valence-corrected chi connectivity index (χ4v) is 3.63. The number of hydrogen-bond acceptors (Lipinski definition) is 4. The van der Waals surface area contributed by atoms with Crippen molar-refractivity contribution in [1.82, 2.24) is 4.90 Å². The highest BCUT2D eigenvalue weighted by atomic mass is 16.5. The molecule has 1 aromatic carbocycles. The van der Waals surface area contributed by atoms with Gasteiger partial charge in [-0.2, -0.15) is 0 Å². The SMILES string of the molecule is COc1ccc(C(C)N)cc1CN1CCOC2CCCC21. The lowest BCUT2D eigenvalue weighted by atomic mass is 10.0. The molecule has 4 nitrogen and oxygen atoms in total. The summed E-state index contributed by atoms with van der Waals surface area (Å²) >= 11 is 0. The van der Waals surface area contributed by atoms with E-state index >= 15 is 0 Å². The Morgan fingerprint density at radius 3 is 3.05 bits per heavy atom. The molecule has 3 unspecified atom stereocenters. The molecule has 0 radical (unpaired) electrons. The maximum atomic E-state index is 6.02. The number of fused-ring (bicyclic) bond motifs is 1. The number of nitrogens with zero attached hydrogens (tertiary/aromatic N) is 1. The molecule has 1 aliphatic carbocycles. The summed E-state index contributed by atoms with van der Waals surface area (Å²) in [5.41, 5.74) is 8.42. The minimum atomic E-state index is 0.0542. The van der Waals surface area contributed by atoms with Crippen LogP contribution in [0.5, 0.6) is 5.75 Å². The molecule has 116 valence electrons. The largest absolute Gasteiger partial charge is 0.496 e. The van der Waals surface area contributed by atoms with Gasteiger partial charge in [0.05, 0.1) is 19.8 Å². The molecule has 2 N–H and O–H groups in total. The summed E-state index contributed by atoms with van der Waals surface area (Å²) in [6.07, 6.45) is 4.17. The Morgan fingerprint density at radius 2 is 2.29 bits per heavy atom. The summed E-state index contributed by atoms with van der Waals surface area (Å²) < 4.78 is 11.4. The lowest BCUT2D eigenvalue weighted by Crippen LogP contribution is -2.47. The Bertz CT molecular complexity index is 490. The van der Waals surface area contributed by atoms with Gasteiger partial charge in [0.25, 0.3) is 0 Å². The number of ether oxygens (including phenoxy) is 2. The summed E-state index contributed by atoms with van der Waals surface area (Å²) in [7, 11) is 1.74. The molecule has 2 fully saturated rings. The zero-order valence-corrected chi connectivity index (χ0v) is 13.0. The molecule has 1 saturated heterocycles. The van der Waals surface area contributed by atoms with Gasteiger partial charge >= 0.3 is 0 Å². The number of nitrogens with two attached hydrogens (primary N) is 1. The van der Waals surface area contributed by atoms with Gasteiger partial charge in [-0.25, -0.2) is 0 Å². The van der Waals surface area contributed by atoms with Crippen LogP contribution in [0.3, 0.4) is 0 Å². The number of benzene rings is 1. The van der Waals surface area contributed by atoms with Gasteiger partial charge in [0.15, 0.2) is 0 Å². The lowest BCUT2D eigenvalue weighted by molar-refractivity contribution is -0.0589. The van der Waals surface area contributed by atoms with E-state index in [-0.39, 0.29) is 6.04 Å². The average molecular weight is 290 g/mol. The molecule has 3 rings (SSSR count). The normalized spacial score (nSPS) is 27.4. The standard InChI is InChI=1S/C17H26N2O2/c1-12(18)13-6-7-16(20-2)14(10-13)11-19-8-9-21-17-5-3-4-15(17)19/h6-7,10,12,15,17H,3-5,8-9,11,18H2,1-2H3. The maximum absolute atomic E-state index is 6.02. The van der Waals surface area contributed by atoms with Crippen LogP contribution in [0.4, 0.5) is 0 Å². The highest BCUT2D eigenvalue weighted by Gasteiger charge is 2.36. The molecule has 1 aliphatic heterocycles. The maximum Gasteiger partial charge on any atom is 0.123 e. The van der Waals surface area contributed by atoms with Crippen LogP contribution in [0, 0.1) is 0 Å². The molecule has 1 aromatic rings. The third-order valence-corrected chi connectivity index (χ3v) is 4.80. The lowest BCUT2D eigenvalue weighted by Gasteiger charge is -2.38. The molecule has 2 aliphatic rings. The van der Waals surface area contributed by atoms with Crippen LogP contribution in [0.25, 0.3) is 0 Å². The van der Waals surface area contributed by atoms with Gasteiger partial charge in [0.2, 0.25) is 0 Å². The number of methoxy groups -OCH3 is 1. The van der Waals surface area contributed by atoms with E-state index < -0.39 is 0 Å². The van der Waals surface area contributed by atoms with Crippen molar-refractivity contribution in [3.8, 4) is 5.75 Å². The first-order valence-corrected chi connectivity index (χ1v) is 7.97. The monoisotopic (exact) mass is 290 g/mol. The van der Waals surface area contributed by atoms with Gasteiger partial charge in [-0.15, -0.1) is 0 Å². The zero-order valence-electron chi connectivity index (χ0n) is 13.0. The van der Waals surface area contributed by atoms with Crippen LogP contribution in [-0.2, 0) is 11.3 Å². The molecule has 0 bridgehead atoms. The smallest absolute Gasteiger partial charge is 0.123 e. The summed E-state index contributed by atoms with van der Waals surface area (Å²) in [6.45, 7) is 4.80. The first-order chi connectivity index (χ1) is 10.2. The van der Waals surface area contributed by atoms with Crippen LogP contribution in [0.15, 0.2) is 18.2 Å². The topological polar surface area (TPSA) is 47.7 Å². The van der Waals surface area contributed by atoms with Crippen LogP contribution >= 0.6 is 0 Å². The fourth-order valence-electron chi connectivity index (χ4n) is 3.63. The summed E-state index contributed by atoms with van der Waals surface area (Å²) in [4.78, 5) is 2.56. The van der Waals surface area contributed by atoms with Crippen molar-refractivity contribution in [2.45, 2.75) is 50.9 Å². The Kier molecular flexibility index (Phi) is 4.48. The van der Waals surface area contributed by atoms with E-state index in [1.54, 1.807) is 7.11 Å². The van der Waals surface area contributed by atoms with Crippen LogP contribution in [-0.4, -0.2) is 37.3 Å². The van der Waals surface area contributed by atoms with Gasteiger partial charge in [-0.3, -0.25) is 4.90 Å². The highest BCUT2D eigenvalue weighted by Crippen LogP contribution is 2.32. The van der Waals surface area contributed by atoms with Gasteiger partial charge in [-0.05, 0) is 43.9 Å². The van der Waals surface area contributed by atoms with Crippen LogP contribution in [0.2, 0.25) is 0 Å². The molecular weight excluding hydrogens is 264 g/mol. The van der Waals surface area contributed by atoms with Crippen molar-refractivity contribution in [2.75, 3.05) is 20.3 Å². The second-order valence-corrected chi connectivity index (χ2v) is 6.24. The minimum Gasteiger partial charge on any atom is -0.496 e. The highest BCUT2D eigenvalue weighted by molar-refractivity contribution is 5.38. The molecule has 0 spiro atoms. The Hall–Kier alpha value is -1.10. The zero-order chi connectivity index (χ0) is 14.8. The molecule has 21 heavy (non-hydrogen) atoms. The van der Waals surface area contributed by atoms with E-state index in [1.165, 1.54) is 30.4 Å². The van der Waals surface area contributed by atoms with E-state index in [1.807, 2.05) is 13.0 Å². The van der Waals surface area contributed by atoms with Crippen molar-refractivity contribution in [3.05, 3.63) is 29.3 Å². The van der Waals surface area contributed by atoms with Gasteiger partial charge in [0.1, 0.15) is 5.75 Å². The van der Waals surface area contributed by atoms with Crippen LogP contribution < -0.4 is 10.5 Å². The second kappa shape index (κ2) is 6.34. The number of morpholine rings is 1. The number of rotatable bonds is 4. The van der Waals surface area contributed by atoms with Gasteiger partial charge in [-0.1, -0.05) is 6.07 Å². The molecule has 0 aromatic heterocycles. The van der Waals surface area contributed by atoms with E-state index in [9.17, 15) is 0 Å². The molecule has 3 atom stereocenters. The average Bonchev–Trinajstić information content (AvgIpc) is 2.96. The van der Waals surface area contributed by atoms with Gasteiger partial charge in [0, 0.05) is 30.7 Å². The quantitative estimate of drug-likeness (QED) is 0.925. The van der Waals surface area contributed by atoms with Crippen molar-refractivity contribution >= 4 is 0 Å². The van der Waals surface area contributed by atoms with Crippen molar-refractivity contribution < 1.29 is 9.47 Å². The van der Waals surface area contributed by atoms with E-state index in [0.29, 0.717) is 12.1 Å². The predicted molar refractivity (Wildman–Crippen MR) is 83.4 cm³/mol. The van der Waals surface area contributed by atoms with Crippen molar-refractivity contribution in [1.29, 1.82) is 0 Å². The summed E-state index contributed by atoms with van der Waals surface area (Å²) in [6, 6.07) is 6.93. The Labute approximate surface area is 127 Å². The summed E-state index contributed by atoms with van der Waals surface area (Å²) in [5.74, 6) is 0.959. The van der Waals surface area contributed by atoms with Crippen molar-refractivity contribution in [3.63, 3.8) is 0 Å². The third-order valence-electron chi connectivity index (χ3n) is 4.80. The Morgan fingerprint density at radius 1 is 1.43 bits per heavy atom. The summed E-state index contributed by atoms with van der Waals surface area (Å²) in [5, 5.41) is 0. The molecule has 1 heterocycles. The Balaban J connectivity index is 1.81. The van der Waals surface area contributed by atoms with Gasteiger partial charge < -0.3 is 15.2 Å². The molecule has 0 amide bonds. The molecule has 1 saturated carbocycles. The first-order valence-electron chi connectivity index (χ1n) is 7.97. The minimum absolute atomic E-state index is 0.0542.